The zero-order chi connectivity index (χ0) is 24.6. The Labute approximate surface area is 201 Å². The third-order valence-corrected chi connectivity index (χ3v) is 5.22. The van der Waals surface area contributed by atoms with Gasteiger partial charge in [0.25, 0.3) is 0 Å². The highest BCUT2D eigenvalue weighted by molar-refractivity contribution is 5.68. The van der Waals surface area contributed by atoms with Crippen LogP contribution in [0.3, 0.4) is 0 Å². The van der Waals surface area contributed by atoms with Crippen LogP contribution in [0, 0.1) is 23.6 Å². The first-order chi connectivity index (χ1) is 16.2. The number of halogens is 1. The molecule has 34 heavy (non-hydrogen) atoms. The fourth-order valence-electron chi connectivity index (χ4n) is 3.71. The van der Waals surface area contributed by atoms with Gasteiger partial charge >= 0.3 is 6.09 Å². The standard InChI is InChI=1S/C26H34FN5O2/c1-5-14-28-23-19(17-29-24(32-23)30-22-11-7-9-20(27)16-22)13-12-18-8-6-10-21(15-18)31-25(33)34-26(2,3)4/h7,9,11,16-18,21H,5-6,8,10,14-15H2,1-4H3,(H,31,33)(H2,28,29,30,32)/t18-,21?/m0/s1. The fraction of sp³-hybridized carbons (Fsp3) is 0.500. The smallest absolute Gasteiger partial charge is 0.407 e. The van der Waals surface area contributed by atoms with Gasteiger partial charge in [-0.2, -0.15) is 4.98 Å². The Kier molecular flexibility index (Phi) is 8.69. The predicted molar refractivity (Wildman–Crippen MR) is 132 cm³/mol. The van der Waals surface area contributed by atoms with Gasteiger partial charge in [-0.15, -0.1) is 0 Å². The SMILES string of the molecule is CCCNc1nc(Nc2cccc(F)c2)ncc1C#C[C@@H]1CCCC(NC(=O)OC(C)(C)C)C1. The summed E-state index contributed by atoms with van der Waals surface area (Å²) in [5.41, 5.74) is 0.765. The molecule has 1 saturated carbocycles. The van der Waals surface area contributed by atoms with Gasteiger partial charge in [0.1, 0.15) is 17.2 Å². The molecule has 2 aromatic rings. The number of anilines is 3. The number of alkyl carbamates (subject to hydrolysis) is 1. The van der Waals surface area contributed by atoms with Crippen molar-refractivity contribution in [3.8, 4) is 11.8 Å². The Morgan fingerprint density at radius 1 is 1.29 bits per heavy atom. The number of amides is 1. The average Bonchev–Trinajstić information content (AvgIpc) is 2.76. The molecule has 1 aromatic carbocycles. The predicted octanol–water partition coefficient (Wildman–Crippen LogP) is 5.62. The van der Waals surface area contributed by atoms with Gasteiger partial charge in [-0.1, -0.05) is 31.3 Å². The first-order valence-corrected chi connectivity index (χ1v) is 11.9. The molecule has 0 aliphatic heterocycles. The van der Waals surface area contributed by atoms with E-state index in [9.17, 15) is 9.18 Å². The number of nitrogens with one attached hydrogen (secondary N) is 3. The largest absolute Gasteiger partial charge is 0.444 e. The summed E-state index contributed by atoms with van der Waals surface area (Å²) in [6.07, 6.45) is 5.91. The summed E-state index contributed by atoms with van der Waals surface area (Å²) in [4.78, 5) is 21.0. The lowest BCUT2D eigenvalue weighted by molar-refractivity contribution is 0.0489. The summed E-state index contributed by atoms with van der Waals surface area (Å²) in [5.74, 6) is 7.43. The second-order valence-corrected chi connectivity index (χ2v) is 9.49. The number of nitrogens with zero attached hydrogens (tertiary/aromatic N) is 2. The van der Waals surface area contributed by atoms with Crippen molar-refractivity contribution in [1.82, 2.24) is 15.3 Å². The molecule has 1 aliphatic rings. The number of aromatic nitrogens is 2. The van der Waals surface area contributed by atoms with Crippen molar-refractivity contribution in [1.29, 1.82) is 0 Å². The van der Waals surface area contributed by atoms with Crippen LogP contribution in [0.5, 0.6) is 0 Å². The van der Waals surface area contributed by atoms with Gasteiger partial charge in [-0.05, 0) is 64.7 Å². The molecular formula is C26H34FN5O2. The molecule has 0 saturated heterocycles. The van der Waals surface area contributed by atoms with Crippen molar-refractivity contribution in [3.63, 3.8) is 0 Å². The lowest BCUT2D eigenvalue weighted by atomic mass is 9.86. The average molecular weight is 468 g/mol. The van der Waals surface area contributed by atoms with Gasteiger partial charge in [-0.3, -0.25) is 0 Å². The Hall–Kier alpha value is -3.34. The molecule has 8 heteroatoms. The van der Waals surface area contributed by atoms with E-state index in [2.05, 4.69) is 44.7 Å². The molecule has 1 aromatic heterocycles. The highest BCUT2D eigenvalue weighted by Gasteiger charge is 2.24. The Morgan fingerprint density at radius 3 is 2.85 bits per heavy atom. The van der Waals surface area contributed by atoms with E-state index in [0.29, 0.717) is 23.0 Å². The van der Waals surface area contributed by atoms with E-state index in [1.807, 2.05) is 20.8 Å². The van der Waals surface area contributed by atoms with Gasteiger partial charge in [0, 0.05) is 24.2 Å². The third kappa shape index (κ3) is 8.22. The Balaban J connectivity index is 1.69. The molecule has 3 rings (SSSR count). The van der Waals surface area contributed by atoms with Crippen molar-refractivity contribution in [2.45, 2.75) is 71.4 Å². The lowest BCUT2D eigenvalue weighted by Gasteiger charge is -2.28. The van der Waals surface area contributed by atoms with E-state index in [1.54, 1.807) is 18.3 Å². The Bertz CT molecular complexity index is 1040. The van der Waals surface area contributed by atoms with E-state index < -0.39 is 5.60 Å². The zero-order valence-electron chi connectivity index (χ0n) is 20.4. The minimum Gasteiger partial charge on any atom is -0.444 e. The molecule has 0 radical (unpaired) electrons. The van der Waals surface area contributed by atoms with Crippen molar-refractivity contribution in [3.05, 3.63) is 41.8 Å². The minimum atomic E-state index is -0.518. The number of carbonyl (C=O) groups excluding carboxylic acids is 1. The van der Waals surface area contributed by atoms with Crippen LogP contribution in [0.25, 0.3) is 0 Å². The summed E-state index contributed by atoms with van der Waals surface area (Å²) in [5, 5.41) is 9.31. The van der Waals surface area contributed by atoms with Crippen molar-refractivity contribution in [2.75, 3.05) is 17.2 Å². The van der Waals surface area contributed by atoms with Gasteiger partial charge in [0.05, 0.1) is 11.8 Å². The van der Waals surface area contributed by atoms with Crippen LogP contribution in [0.15, 0.2) is 30.5 Å². The van der Waals surface area contributed by atoms with Gasteiger partial charge in [0.15, 0.2) is 0 Å². The summed E-state index contributed by atoms with van der Waals surface area (Å²) >= 11 is 0. The second kappa shape index (κ2) is 11.7. The Morgan fingerprint density at radius 2 is 2.12 bits per heavy atom. The number of ether oxygens (including phenoxy) is 1. The monoisotopic (exact) mass is 467 g/mol. The van der Waals surface area contributed by atoms with E-state index in [1.165, 1.54) is 12.1 Å². The molecule has 0 spiro atoms. The van der Waals surface area contributed by atoms with Crippen molar-refractivity contribution >= 4 is 23.5 Å². The molecule has 2 atom stereocenters. The lowest BCUT2D eigenvalue weighted by Crippen LogP contribution is -2.41. The van der Waals surface area contributed by atoms with Gasteiger partial charge < -0.3 is 20.7 Å². The summed E-state index contributed by atoms with van der Waals surface area (Å²) < 4.78 is 18.9. The van der Waals surface area contributed by atoms with E-state index >= 15 is 0 Å². The molecule has 1 amide bonds. The van der Waals surface area contributed by atoms with Crippen LogP contribution in [0.2, 0.25) is 0 Å². The number of benzene rings is 1. The number of hydrogen-bond donors (Lipinski definition) is 3. The van der Waals surface area contributed by atoms with Gasteiger partial charge in [0.2, 0.25) is 5.95 Å². The summed E-state index contributed by atoms with van der Waals surface area (Å²) in [6, 6.07) is 6.21. The molecule has 182 valence electrons. The number of hydrogen-bond acceptors (Lipinski definition) is 6. The molecule has 7 nitrogen and oxygen atoms in total. The van der Waals surface area contributed by atoms with Crippen molar-refractivity contribution in [2.24, 2.45) is 5.92 Å². The van der Waals surface area contributed by atoms with Crippen LogP contribution >= 0.6 is 0 Å². The highest BCUT2D eigenvalue weighted by Crippen LogP contribution is 2.25. The minimum absolute atomic E-state index is 0.0506. The maximum atomic E-state index is 13.5. The quantitative estimate of drug-likeness (QED) is 0.478. The molecule has 3 N–H and O–H groups in total. The maximum Gasteiger partial charge on any atom is 0.407 e. The van der Waals surface area contributed by atoms with Crippen LogP contribution in [0.1, 0.15) is 65.4 Å². The third-order valence-electron chi connectivity index (χ3n) is 5.22. The molecule has 0 bridgehead atoms. The van der Waals surface area contributed by atoms with Gasteiger partial charge in [-0.25, -0.2) is 14.2 Å². The topological polar surface area (TPSA) is 88.2 Å². The summed E-state index contributed by atoms with van der Waals surface area (Å²) in [6.45, 7) is 8.38. The normalized spacial score (nSPS) is 17.8. The first-order valence-electron chi connectivity index (χ1n) is 11.9. The maximum absolute atomic E-state index is 13.5. The van der Waals surface area contributed by atoms with Crippen LogP contribution in [-0.2, 0) is 4.74 Å². The highest BCUT2D eigenvalue weighted by atomic mass is 19.1. The molecule has 1 unspecified atom stereocenters. The zero-order valence-corrected chi connectivity index (χ0v) is 20.4. The fourth-order valence-corrected chi connectivity index (χ4v) is 3.71. The van der Waals surface area contributed by atoms with E-state index in [4.69, 9.17) is 4.74 Å². The molecule has 1 heterocycles. The van der Waals surface area contributed by atoms with E-state index in [-0.39, 0.29) is 23.9 Å². The number of carbonyl (C=O) groups is 1. The summed E-state index contributed by atoms with van der Waals surface area (Å²) in [7, 11) is 0. The van der Waals surface area contributed by atoms with E-state index in [0.717, 1.165) is 38.6 Å². The molecule has 1 fully saturated rings. The second-order valence-electron chi connectivity index (χ2n) is 9.49. The van der Waals surface area contributed by atoms with Crippen LogP contribution < -0.4 is 16.0 Å². The molecule has 1 aliphatic carbocycles. The molecular weight excluding hydrogens is 433 g/mol. The van der Waals surface area contributed by atoms with Crippen molar-refractivity contribution < 1.29 is 13.9 Å². The van der Waals surface area contributed by atoms with Crippen LogP contribution in [0.4, 0.5) is 26.6 Å². The number of rotatable bonds is 6. The first kappa shape index (κ1) is 25.3. The van der Waals surface area contributed by atoms with Crippen LogP contribution in [-0.4, -0.2) is 34.2 Å².